The minimum Gasteiger partial charge on any atom is -0.396 e. The first-order valence-corrected chi connectivity index (χ1v) is 8.22. The maximum atomic E-state index is 11.1. The maximum absolute atomic E-state index is 11.1. The van der Waals surface area contributed by atoms with Crippen LogP contribution in [-0.2, 0) is 15.6 Å². The second-order valence-electron chi connectivity index (χ2n) is 4.41. The minimum atomic E-state index is -2.99. The second kappa shape index (κ2) is 7.91. The Morgan fingerprint density at radius 3 is 2.53 bits per heavy atom. The van der Waals surface area contributed by atoms with E-state index in [1.54, 1.807) is 30.5 Å². The standard InChI is InChI=1S/C13H20N2O3S/c1-19(17,18)11-12-5-7-13(8-6-12)15-14-9-3-2-4-10-16/h5-9,15-16H,2-4,10-11H2,1H3. The summed E-state index contributed by atoms with van der Waals surface area (Å²) in [4.78, 5) is 0. The molecule has 0 aliphatic rings. The van der Waals surface area contributed by atoms with Gasteiger partial charge >= 0.3 is 0 Å². The zero-order chi connectivity index (χ0) is 14.1. The molecular weight excluding hydrogens is 264 g/mol. The van der Waals surface area contributed by atoms with Crippen molar-refractivity contribution in [2.24, 2.45) is 5.10 Å². The molecule has 0 aliphatic heterocycles. The summed E-state index contributed by atoms with van der Waals surface area (Å²) in [6, 6.07) is 7.13. The number of hydrogen-bond acceptors (Lipinski definition) is 5. The molecule has 0 spiro atoms. The third-order valence-electron chi connectivity index (χ3n) is 2.41. The quantitative estimate of drug-likeness (QED) is 0.433. The lowest BCUT2D eigenvalue weighted by atomic mass is 10.2. The predicted octanol–water partition coefficient (Wildman–Crippen LogP) is 1.79. The molecule has 1 rings (SSSR count). The Kier molecular flexibility index (Phi) is 6.52. The molecule has 6 heteroatoms. The number of unbranched alkanes of at least 4 members (excludes halogenated alkanes) is 2. The molecule has 0 bridgehead atoms. The van der Waals surface area contributed by atoms with E-state index in [1.165, 1.54) is 6.26 Å². The van der Waals surface area contributed by atoms with Gasteiger partial charge < -0.3 is 5.11 Å². The Morgan fingerprint density at radius 1 is 1.26 bits per heavy atom. The van der Waals surface area contributed by atoms with Gasteiger partial charge in [0, 0.05) is 19.1 Å². The minimum absolute atomic E-state index is 0.0533. The molecule has 0 saturated heterocycles. The Labute approximate surface area is 114 Å². The lowest BCUT2D eigenvalue weighted by Gasteiger charge is -2.02. The molecule has 0 fully saturated rings. The fourth-order valence-electron chi connectivity index (χ4n) is 1.51. The highest BCUT2D eigenvalue weighted by Crippen LogP contribution is 2.11. The first kappa shape index (κ1) is 15.7. The number of sulfone groups is 1. The zero-order valence-electron chi connectivity index (χ0n) is 11.0. The molecule has 2 N–H and O–H groups in total. The van der Waals surface area contributed by atoms with E-state index >= 15 is 0 Å². The Bertz CT molecular complexity index is 495. The smallest absolute Gasteiger partial charge is 0.151 e. The summed E-state index contributed by atoms with van der Waals surface area (Å²) in [6.45, 7) is 0.211. The average molecular weight is 284 g/mol. The lowest BCUT2D eigenvalue weighted by molar-refractivity contribution is 0.286. The second-order valence-corrected chi connectivity index (χ2v) is 6.55. The number of hydrazone groups is 1. The van der Waals surface area contributed by atoms with Gasteiger partial charge in [0.1, 0.15) is 0 Å². The molecule has 0 atom stereocenters. The SMILES string of the molecule is CS(=O)(=O)Cc1ccc(NN=CCCCCO)cc1. The van der Waals surface area contributed by atoms with Crippen molar-refractivity contribution in [1.29, 1.82) is 0 Å². The number of aliphatic hydroxyl groups excluding tert-OH is 1. The Morgan fingerprint density at radius 2 is 1.95 bits per heavy atom. The van der Waals surface area contributed by atoms with Gasteiger partial charge in [0.15, 0.2) is 9.84 Å². The van der Waals surface area contributed by atoms with Gasteiger partial charge in [0.05, 0.1) is 11.4 Å². The topological polar surface area (TPSA) is 78.8 Å². The summed E-state index contributed by atoms with van der Waals surface area (Å²) in [5.74, 6) is 0.0533. The molecule has 0 aromatic heterocycles. The molecule has 0 saturated carbocycles. The van der Waals surface area contributed by atoms with Crippen molar-refractivity contribution in [3.63, 3.8) is 0 Å². The van der Waals surface area contributed by atoms with Crippen molar-refractivity contribution in [2.45, 2.75) is 25.0 Å². The number of nitrogens with zero attached hydrogens (tertiary/aromatic N) is 1. The normalized spacial score (nSPS) is 11.9. The summed E-state index contributed by atoms with van der Waals surface area (Å²) >= 11 is 0. The first-order chi connectivity index (χ1) is 9.01. The fourth-order valence-corrected chi connectivity index (χ4v) is 2.31. The summed E-state index contributed by atoms with van der Waals surface area (Å²) in [6.07, 6.45) is 5.50. The lowest BCUT2D eigenvalue weighted by Crippen LogP contribution is -2.00. The molecule has 106 valence electrons. The van der Waals surface area contributed by atoms with Crippen LogP contribution in [0.2, 0.25) is 0 Å². The number of nitrogens with one attached hydrogen (secondary N) is 1. The van der Waals surface area contributed by atoms with E-state index in [4.69, 9.17) is 5.11 Å². The van der Waals surface area contributed by atoms with Crippen molar-refractivity contribution < 1.29 is 13.5 Å². The molecule has 1 aromatic carbocycles. The van der Waals surface area contributed by atoms with Crippen LogP contribution in [0.15, 0.2) is 29.4 Å². The van der Waals surface area contributed by atoms with Gasteiger partial charge in [-0.1, -0.05) is 12.1 Å². The van der Waals surface area contributed by atoms with E-state index < -0.39 is 9.84 Å². The summed E-state index contributed by atoms with van der Waals surface area (Å²) < 4.78 is 22.3. The van der Waals surface area contributed by atoms with Crippen LogP contribution in [0.5, 0.6) is 0 Å². The molecule has 0 unspecified atom stereocenters. The van der Waals surface area contributed by atoms with Crippen LogP contribution in [0, 0.1) is 0 Å². The van der Waals surface area contributed by atoms with Crippen molar-refractivity contribution in [1.82, 2.24) is 0 Å². The third-order valence-corrected chi connectivity index (χ3v) is 3.27. The monoisotopic (exact) mass is 284 g/mol. The van der Waals surface area contributed by atoms with E-state index in [1.807, 2.05) is 0 Å². The van der Waals surface area contributed by atoms with Crippen LogP contribution in [-0.4, -0.2) is 32.6 Å². The van der Waals surface area contributed by atoms with Gasteiger partial charge in [0.2, 0.25) is 0 Å². The number of benzene rings is 1. The number of hydrogen-bond donors (Lipinski definition) is 2. The molecule has 5 nitrogen and oxygen atoms in total. The molecule has 0 heterocycles. The molecule has 19 heavy (non-hydrogen) atoms. The van der Waals surface area contributed by atoms with Crippen LogP contribution >= 0.6 is 0 Å². The number of aliphatic hydroxyl groups is 1. The van der Waals surface area contributed by atoms with Crippen LogP contribution in [0.1, 0.15) is 24.8 Å². The summed E-state index contributed by atoms with van der Waals surface area (Å²) in [7, 11) is -2.99. The number of anilines is 1. The largest absolute Gasteiger partial charge is 0.396 e. The van der Waals surface area contributed by atoms with E-state index in [-0.39, 0.29) is 12.4 Å². The van der Waals surface area contributed by atoms with Crippen LogP contribution in [0.3, 0.4) is 0 Å². The van der Waals surface area contributed by atoms with E-state index in [0.29, 0.717) is 0 Å². The molecule has 0 aliphatic carbocycles. The van der Waals surface area contributed by atoms with Gasteiger partial charge in [-0.3, -0.25) is 5.43 Å². The van der Waals surface area contributed by atoms with Gasteiger partial charge in [-0.05, 0) is 37.0 Å². The highest BCUT2D eigenvalue weighted by Gasteiger charge is 2.03. The summed E-state index contributed by atoms with van der Waals surface area (Å²) in [5.41, 5.74) is 4.45. The highest BCUT2D eigenvalue weighted by atomic mass is 32.2. The van der Waals surface area contributed by atoms with Crippen molar-refractivity contribution in [3.05, 3.63) is 29.8 Å². The van der Waals surface area contributed by atoms with Crippen LogP contribution < -0.4 is 5.43 Å². The predicted molar refractivity (Wildman–Crippen MR) is 78.0 cm³/mol. The van der Waals surface area contributed by atoms with Gasteiger partial charge in [-0.2, -0.15) is 5.10 Å². The van der Waals surface area contributed by atoms with Crippen LogP contribution in [0.4, 0.5) is 5.69 Å². The van der Waals surface area contributed by atoms with Crippen molar-refractivity contribution >= 4 is 21.7 Å². The summed E-state index contributed by atoms with van der Waals surface area (Å²) in [5, 5.41) is 12.6. The van der Waals surface area contributed by atoms with E-state index in [0.717, 1.165) is 30.5 Å². The van der Waals surface area contributed by atoms with Crippen molar-refractivity contribution in [3.8, 4) is 0 Å². The van der Waals surface area contributed by atoms with E-state index in [2.05, 4.69) is 10.5 Å². The molecule has 1 aromatic rings. The van der Waals surface area contributed by atoms with Crippen LogP contribution in [0.25, 0.3) is 0 Å². The zero-order valence-corrected chi connectivity index (χ0v) is 11.9. The number of rotatable bonds is 8. The highest BCUT2D eigenvalue weighted by molar-refractivity contribution is 7.89. The Balaban J connectivity index is 2.40. The fraction of sp³-hybridized carbons (Fsp3) is 0.462. The van der Waals surface area contributed by atoms with Gasteiger partial charge in [0.25, 0.3) is 0 Å². The molecule has 0 amide bonds. The Hall–Kier alpha value is -1.40. The van der Waals surface area contributed by atoms with Gasteiger partial charge in [-0.15, -0.1) is 0 Å². The third kappa shape index (κ3) is 7.58. The van der Waals surface area contributed by atoms with E-state index in [9.17, 15) is 8.42 Å². The first-order valence-electron chi connectivity index (χ1n) is 6.16. The van der Waals surface area contributed by atoms with Gasteiger partial charge in [-0.25, -0.2) is 8.42 Å². The molecular formula is C13H20N2O3S. The average Bonchev–Trinajstić information content (AvgIpc) is 2.34. The van der Waals surface area contributed by atoms with Crippen molar-refractivity contribution in [2.75, 3.05) is 18.3 Å². The maximum Gasteiger partial charge on any atom is 0.151 e. The molecule has 0 radical (unpaired) electrons.